The van der Waals surface area contributed by atoms with E-state index in [0.29, 0.717) is 11.5 Å². The molecule has 1 fully saturated rings. The van der Waals surface area contributed by atoms with Gasteiger partial charge in [0.05, 0.1) is 6.42 Å². The van der Waals surface area contributed by atoms with E-state index in [4.69, 9.17) is 9.57 Å². The smallest absolute Gasteiger partial charge is 0.333 e. The fourth-order valence-corrected chi connectivity index (χ4v) is 4.76. The number of nitrogens with zero attached hydrogens (tertiary/aromatic N) is 4. The van der Waals surface area contributed by atoms with Gasteiger partial charge in [-0.15, -0.1) is 15.3 Å². The van der Waals surface area contributed by atoms with E-state index in [1.807, 2.05) is 0 Å². The molecule has 1 aliphatic heterocycles. The molecule has 1 atom stereocenters. The lowest BCUT2D eigenvalue weighted by atomic mass is 10.0. The summed E-state index contributed by atoms with van der Waals surface area (Å²) in [4.78, 5) is 65.6. The Hall–Kier alpha value is -3.38. The third kappa shape index (κ3) is 16.2. The fraction of sp³-hybridized carbons (Fsp3) is 0.800. The summed E-state index contributed by atoms with van der Waals surface area (Å²) in [5.74, 6) is -2.13. The molecule has 1 saturated heterocycles. The summed E-state index contributed by atoms with van der Waals surface area (Å²) in [5, 5.41) is 17.1. The van der Waals surface area contributed by atoms with E-state index in [-0.39, 0.29) is 38.0 Å². The molecule has 13 nitrogen and oxygen atoms in total. The first kappa shape index (κ1) is 35.8. The third-order valence-electron chi connectivity index (χ3n) is 7.06. The van der Waals surface area contributed by atoms with Crippen LogP contribution in [0.3, 0.4) is 0 Å². The number of hydrogen-bond donors (Lipinski definition) is 2. The molecule has 43 heavy (non-hydrogen) atoms. The number of unbranched alkanes of at least 4 members (excludes halogenated alkanes) is 12. The Morgan fingerprint density at radius 1 is 0.837 bits per heavy atom. The average molecular weight is 607 g/mol. The quantitative estimate of drug-likeness (QED) is 0.109. The van der Waals surface area contributed by atoms with Gasteiger partial charge in [0.15, 0.2) is 5.82 Å². The highest BCUT2D eigenvalue weighted by Gasteiger charge is 2.33. The lowest BCUT2D eigenvalue weighted by Gasteiger charge is -2.24. The minimum Gasteiger partial charge on any atom is -0.458 e. The molecular formula is C30H50N6O7. The summed E-state index contributed by atoms with van der Waals surface area (Å²) in [7, 11) is 0. The molecule has 0 aliphatic carbocycles. The zero-order valence-corrected chi connectivity index (χ0v) is 26.2. The third-order valence-corrected chi connectivity index (χ3v) is 7.06. The van der Waals surface area contributed by atoms with Crippen LogP contribution in [-0.4, -0.2) is 67.0 Å². The number of rotatable bonds is 22. The largest absolute Gasteiger partial charge is 0.458 e. The van der Waals surface area contributed by atoms with Gasteiger partial charge in [-0.1, -0.05) is 75.8 Å². The molecule has 0 bridgehead atoms. The maximum absolute atomic E-state index is 12.7. The number of aromatic nitrogens is 4. The van der Waals surface area contributed by atoms with E-state index in [1.54, 1.807) is 20.8 Å². The second-order valence-electron chi connectivity index (χ2n) is 12.2. The Bertz CT molecular complexity index is 993. The Kier molecular flexibility index (Phi) is 16.4. The van der Waals surface area contributed by atoms with Gasteiger partial charge in [-0.3, -0.25) is 14.4 Å². The van der Waals surface area contributed by atoms with Crippen LogP contribution in [0.25, 0.3) is 0 Å². The summed E-state index contributed by atoms with van der Waals surface area (Å²) in [6.45, 7) is 5.14. The Morgan fingerprint density at radius 3 is 1.88 bits per heavy atom. The number of hydroxylamine groups is 2. The van der Waals surface area contributed by atoms with Crippen LogP contribution >= 0.6 is 0 Å². The number of nitrogens with one attached hydrogen (secondary N) is 2. The fourth-order valence-electron chi connectivity index (χ4n) is 4.76. The van der Waals surface area contributed by atoms with Gasteiger partial charge < -0.3 is 14.9 Å². The Labute approximate surface area is 254 Å². The summed E-state index contributed by atoms with van der Waals surface area (Å²) in [6.07, 6.45) is 15.7. The second kappa shape index (κ2) is 19.7. The van der Waals surface area contributed by atoms with Crippen molar-refractivity contribution in [1.29, 1.82) is 0 Å². The second-order valence-corrected chi connectivity index (χ2v) is 12.2. The van der Waals surface area contributed by atoms with E-state index in [1.165, 1.54) is 51.4 Å². The molecule has 2 heterocycles. The van der Waals surface area contributed by atoms with E-state index in [0.717, 1.165) is 37.9 Å². The molecule has 0 saturated carbocycles. The van der Waals surface area contributed by atoms with Crippen molar-refractivity contribution in [2.75, 3.05) is 0 Å². The Morgan fingerprint density at radius 2 is 1.37 bits per heavy atom. The van der Waals surface area contributed by atoms with E-state index < -0.39 is 35.4 Å². The number of carbonyl (C=O) groups excluding carboxylic acids is 5. The highest BCUT2D eigenvalue weighted by atomic mass is 16.7. The molecule has 0 aromatic carbocycles. The monoisotopic (exact) mass is 606 g/mol. The van der Waals surface area contributed by atoms with Gasteiger partial charge in [0.25, 0.3) is 11.8 Å². The maximum atomic E-state index is 12.7. The summed E-state index contributed by atoms with van der Waals surface area (Å²) < 4.78 is 5.41. The van der Waals surface area contributed by atoms with Crippen LogP contribution in [0, 0.1) is 0 Å². The number of ether oxygens (including phenoxy) is 1. The minimum absolute atomic E-state index is 0.00487. The number of esters is 1. The van der Waals surface area contributed by atoms with Crippen molar-refractivity contribution in [1.82, 2.24) is 31.0 Å². The van der Waals surface area contributed by atoms with Gasteiger partial charge in [-0.2, -0.15) is 5.21 Å². The number of aryl methyl sites for hydroxylation is 1. The molecule has 1 aromatic rings. The van der Waals surface area contributed by atoms with Crippen molar-refractivity contribution in [2.24, 2.45) is 0 Å². The van der Waals surface area contributed by atoms with Crippen LogP contribution in [0.4, 0.5) is 0 Å². The van der Waals surface area contributed by atoms with Crippen molar-refractivity contribution < 1.29 is 33.5 Å². The maximum Gasteiger partial charge on any atom is 0.333 e. The number of tetrazole rings is 1. The number of aromatic amines is 1. The molecule has 13 heteroatoms. The zero-order valence-electron chi connectivity index (χ0n) is 26.2. The number of imide groups is 1. The zero-order chi connectivity index (χ0) is 31.5. The summed E-state index contributed by atoms with van der Waals surface area (Å²) in [5.41, 5.74) is -0.771. The standard InChI is InChI=1S/C30H50N6O7/c1-30(2,3)42-29(41)23(19-22-28(40)43-36-26(38)20-21-27(36)39)31-25(37)18-16-14-12-10-8-6-4-5-7-9-11-13-15-17-24-32-34-35-33-24/h23H,4-22H2,1-3H3,(H,31,37)(H,32,33,34,35). The van der Waals surface area contributed by atoms with Crippen molar-refractivity contribution in [3.8, 4) is 0 Å². The van der Waals surface area contributed by atoms with Gasteiger partial charge in [-0.05, 0) is 40.0 Å². The molecular weight excluding hydrogens is 556 g/mol. The van der Waals surface area contributed by atoms with Crippen LogP contribution in [0.1, 0.15) is 142 Å². The average Bonchev–Trinajstić information content (AvgIpc) is 3.57. The molecule has 2 rings (SSSR count). The number of H-pyrrole nitrogens is 1. The van der Waals surface area contributed by atoms with E-state index in [2.05, 4.69) is 25.9 Å². The van der Waals surface area contributed by atoms with Crippen molar-refractivity contribution in [3.63, 3.8) is 0 Å². The Balaban J connectivity index is 1.52. The molecule has 1 aliphatic rings. The number of hydrogen-bond acceptors (Lipinski definition) is 10. The van der Waals surface area contributed by atoms with Crippen LogP contribution in [-0.2, 0) is 40.0 Å². The number of carbonyl (C=O) groups is 5. The van der Waals surface area contributed by atoms with Gasteiger partial charge in [0.2, 0.25) is 5.91 Å². The first-order chi connectivity index (χ1) is 20.5. The van der Waals surface area contributed by atoms with Crippen LogP contribution < -0.4 is 5.32 Å². The van der Waals surface area contributed by atoms with Crippen molar-refractivity contribution >= 4 is 29.7 Å². The van der Waals surface area contributed by atoms with Crippen LogP contribution in [0.5, 0.6) is 0 Å². The first-order valence-electron chi connectivity index (χ1n) is 15.9. The molecule has 0 spiro atoms. The highest BCUT2D eigenvalue weighted by molar-refractivity contribution is 6.01. The van der Waals surface area contributed by atoms with Crippen molar-refractivity contribution in [3.05, 3.63) is 5.82 Å². The van der Waals surface area contributed by atoms with Crippen LogP contribution in [0.2, 0.25) is 0 Å². The lowest BCUT2D eigenvalue weighted by Crippen LogP contribution is -2.44. The van der Waals surface area contributed by atoms with Crippen LogP contribution in [0.15, 0.2) is 0 Å². The van der Waals surface area contributed by atoms with E-state index >= 15 is 0 Å². The minimum atomic E-state index is -1.04. The molecule has 1 aromatic heterocycles. The summed E-state index contributed by atoms with van der Waals surface area (Å²) >= 11 is 0. The van der Waals surface area contributed by atoms with Gasteiger partial charge in [-0.25, -0.2) is 9.59 Å². The highest BCUT2D eigenvalue weighted by Crippen LogP contribution is 2.16. The molecule has 242 valence electrons. The predicted molar refractivity (Wildman–Crippen MR) is 157 cm³/mol. The molecule has 2 N–H and O–H groups in total. The van der Waals surface area contributed by atoms with Gasteiger partial charge >= 0.3 is 11.9 Å². The van der Waals surface area contributed by atoms with Crippen molar-refractivity contribution in [2.45, 2.75) is 154 Å². The molecule has 1 unspecified atom stereocenters. The van der Waals surface area contributed by atoms with Gasteiger partial charge in [0.1, 0.15) is 11.6 Å². The predicted octanol–water partition coefficient (Wildman–Crippen LogP) is 4.42. The normalized spacial score (nSPS) is 14.2. The molecule has 0 radical (unpaired) electrons. The topological polar surface area (TPSA) is 174 Å². The molecule has 3 amide bonds. The summed E-state index contributed by atoms with van der Waals surface area (Å²) in [6, 6.07) is -1.04. The lowest BCUT2D eigenvalue weighted by molar-refractivity contribution is -0.197. The first-order valence-corrected chi connectivity index (χ1v) is 15.9. The van der Waals surface area contributed by atoms with E-state index in [9.17, 15) is 24.0 Å². The number of amides is 3. The SMILES string of the molecule is CC(C)(C)OC(=O)C(CCC(=O)ON1C(=O)CCC1=O)NC(=O)CCCCCCCCCCCCCCCc1nn[nH]n1. The van der Waals surface area contributed by atoms with Gasteiger partial charge in [0, 0.05) is 25.7 Å².